The molecule has 0 radical (unpaired) electrons. The zero-order valence-corrected chi connectivity index (χ0v) is 11.8. The third kappa shape index (κ3) is 4.27. The molecule has 0 fully saturated rings. The van der Waals surface area contributed by atoms with E-state index in [2.05, 4.69) is 18.7 Å². The minimum atomic E-state index is -0.394. The lowest BCUT2D eigenvalue weighted by Gasteiger charge is -2.20. The summed E-state index contributed by atoms with van der Waals surface area (Å²) >= 11 is 6.07. The molecule has 0 aromatic heterocycles. The van der Waals surface area contributed by atoms with Crippen LogP contribution in [-0.2, 0) is 6.54 Å². The predicted molar refractivity (Wildman–Crippen MR) is 73.9 cm³/mol. The van der Waals surface area contributed by atoms with Crippen molar-refractivity contribution in [1.82, 2.24) is 4.90 Å². The molecular weight excluding hydrogens is 252 g/mol. The number of nitrogens with zero attached hydrogens (tertiary/aromatic N) is 2. The molecule has 0 aliphatic carbocycles. The molecular formula is C13H19ClN2O2. The summed E-state index contributed by atoms with van der Waals surface area (Å²) in [5.41, 5.74) is 0.892. The largest absolute Gasteiger partial charge is 0.302 e. The Morgan fingerprint density at radius 2 is 2.17 bits per heavy atom. The smallest absolute Gasteiger partial charge is 0.269 e. The Balaban J connectivity index is 2.77. The van der Waals surface area contributed by atoms with E-state index in [-0.39, 0.29) is 5.69 Å². The molecule has 1 rings (SSSR count). The monoisotopic (exact) mass is 270 g/mol. The second kappa shape index (κ2) is 6.71. The molecule has 100 valence electrons. The van der Waals surface area contributed by atoms with E-state index < -0.39 is 4.92 Å². The first-order valence-corrected chi connectivity index (χ1v) is 6.43. The van der Waals surface area contributed by atoms with Crippen molar-refractivity contribution in [1.29, 1.82) is 0 Å². The van der Waals surface area contributed by atoms with Crippen molar-refractivity contribution >= 4 is 17.3 Å². The highest BCUT2D eigenvalue weighted by atomic mass is 35.5. The second-order valence-electron chi connectivity index (χ2n) is 4.74. The van der Waals surface area contributed by atoms with E-state index in [9.17, 15) is 10.1 Å². The van der Waals surface area contributed by atoms with E-state index in [1.54, 1.807) is 12.1 Å². The van der Waals surface area contributed by atoms with E-state index in [1.165, 1.54) is 6.07 Å². The van der Waals surface area contributed by atoms with Crippen molar-refractivity contribution < 1.29 is 4.92 Å². The number of nitro benzene ring substituents is 1. The van der Waals surface area contributed by atoms with Gasteiger partial charge in [-0.05, 0) is 24.6 Å². The molecule has 0 amide bonds. The maximum atomic E-state index is 10.7. The van der Waals surface area contributed by atoms with Crippen LogP contribution in [-0.4, -0.2) is 23.4 Å². The molecule has 0 N–H and O–H groups in total. The fourth-order valence-electron chi connectivity index (χ4n) is 1.81. The molecule has 5 heteroatoms. The summed E-state index contributed by atoms with van der Waals surface area (Å²) in [7, 11) is 2.00. The summed E-state index contributed by atoms with van der Waals surface area (Å²) in [5.74, 6) is 0.604. The summed E-state index contributed by atoms with van der Waals surface area (Å²) in [5, 5.41) is 11.3. The maximum Gasteiger partial charge on any atom is 0.269 e. The average molecular weight is 271 g/mol. The van der Waals surface area contributed by atoms with Gasteiger partial charge in [-0.15, -0.1) is 0 Å². The Bertz CT molecular complexity index is 423. The first-order chi connectivity index (χ1) is 8.43. The fourth-order valence-corrected chi connectivity index (χ4v) is 1.99. The molecule has 1 aromatic rings. The summed E-state index contributed by atoms with van der Waals surface area (Å²) in [6.45, 7) is 5.92. The van der Waals surface area contributed by atoms with Gasteiger partial charge in [-0.25, -0.2) is 0 Å². The van der Waals surface area contributed by atoms with Crippen molar-refractivity contribution in [3.63, 3.8) is 0 Å². The van der Waals surface area contributed by atoms with Crippen molar-refractivity contribution in [2.24, 2.45) is 5.92 Å². The van der Waals surface area contributed by atoms with Crippen LogP contribution in [0.3, 0.4) is 0 Å². The zero-order valence-electron chi connectivity index (χ0n) is 11.0. The van der Waals surface area contributed by atoms with Gasteiger partial charge in [0.25, 0.3) is 5.69 Å². The van der Waals surface area contributed by atoms with Gasteiger partial charge in [0.2, 0.25) is 0 Å². The molecule has 4 nitrogen and oxygen atoms in total. The van der Waals surface area contributed by atoms with Crippen LogP contribution < -0.4 is 0 Å². The van der Waals surface area contributed by atoms with E-state index in [4.69, 9.17) is 11.6 Å². The summed E-state index contributed by atoms with van der Waals surface area (Å²) in [4.78, 5) is 12.5. The van der Waals surface area contributed by atoms with Crippen molar-refractivity contribution in [3.05, 3.63) is 38.9 Å². The van der Waals surface area contributed by atoms with Gasteiger partial charge in [0.1, 0.15) is 0 Å². The Labute approximate surface area is 113 Å². The van der Waals surface area contributed by atoms with Gasteiger partial charge in [0.15, 0.2) is 0 Å². The topological polar surface area (TPSA) is 46.4 Å². The standard InChI is InChI=1S/C13H19ClN2O2/c1-4-10(2)8-15(3)9-11-7-12(16(17)18)5-6-13(11)14/h5-7,10H,4,8-9H2,1-3H3. The van der Waals surface area contributed by atoms with E-state index in [1.807, 2.05) is 7.05 Å². The number of rotatable bonds is 6. The van der Waals surface area contributed by atoms with Gasteiger partial charge >= 0.3 is 0 Å². The number of hydrogen-bond donors (Lipinski definition) is 0. The predicted octanol–water partition coefficient (Wildman–Crippen LogP) is 3.73. The van der Waals surface area contributed by atoms with E-state index in [0.29, 0.717) is 17.5 Å². The number of halogens is 1. The van der Waals surface area contributed by atoms with E-state index >= 15 is 0 Å². The third-order valence-electron chi connectivity index (χ3n) is 3.00. The highest BCUT2D eigenvalue weighted by Gasteiger charge is 2.12. The minimum Gasteiger partial charge on any atom is -0.302 e. The number of non-ortho nitro benzene ring substituents is 1. The van der Waals surface area contributed by atoms with E-state index in [0.717, 1.165) is 18.5 Å². The van der Waals surface area contributed by atoms with Gasteiger partial charge in [0, 0.05) is 30.2 Å². The highest BCUT2D eigenvalue weighted by molar-refractivity contribution is 6.31. The molecule has 0 aliphatic rings. The average Bonchev–Trinajstić information content (AvgIpc) is 2.31. The minimum absolute atomic E-state index is 0.0892. The lowest BCUT2D eigenvalue weighted by atomic mass is 10.1. The molecule has 0 aliphatic heterocycles. The molecule has 0 heterocycles. The van der Waals surface area contributed by atoms with Crippen LogP contribution in [0.1, 0.15) is 25.8 Å². The number of benzene rings is 1. The van der Waals surface area contributed by atoms with Crippen LogP contribution in [0.4, 0.5) is 5.69 Å². The second-order valence-corrected chi connectivity index (χ2v) is 5.15. The van der Waals surface area contributed by atoms with Crippen LogP contribution in [0.15, 0.2) is 18.2 Å². The molecule has 0 spiro atoms. The first-order valence-electron chi connectivity index (χ1n) is 6.05. The van der Waals surface area contributed by atoms with Gasteiger partial charge < -0.3 is 4.90 Å². The van der Waals surface area contributed by atoms with Crippen LogP contribution >= 0.6 is 11.6 Å². The Hall–Kier alpha value is -1.13. The molecule has 18 heavy (non-hydrogen) atoms. The van der Waals surface area contributed by atoms with Crippen LogP contribution in [0, 0.1) is 16.0 Å². The lowest BCUT2D eigenvalue weighted by Crippen LogP contribution is -2.23. The Kier molecular flexibility index (Phi) is 5.56. The summed E-state index contributed by atoms with van der Waals surface area (Å²) in [6, 6.07) is 4.57. The number of nitro groups is 1. The molecule has 1 unspecified atom stereocenters. The highest BCUT2D eigenvalue weighted by Crippen LogP contribution is 2.23. The molecule has 1 atom stereocenters. The third-order valence-corrected chi connectivity index (χ3v) is 3.37. The zero-order chi connectivity index (χ0) is 13.7. The quantitative estimate of drug-likeness (QED) is 0.584. The molecule has 0 saturated heterocycles. The van der Waals surface area contributed by atoms with Gasteiger partial charge in [-0.2, -0.15) is 0 Å². The molecule has 1 aromatic carbocycles. The number of hydrogen-bond acceptors (Lipinski definition) is 3. The molecule has 0 bridgehead atoms. The van der Waals surface area contributed by atoms with Crippen molar-refractivity contribution in [2.45, 2.75) is 26.8 Å². The normalized spacial score (nSPS) is 12.7. The summed E-state index contributed by atoms with van der Waals surface area (Å²) < 4.78 is 0. The van der Waals surface area contributed by atoms with Gasteiger partial charge in [0.05, 0.1) is 4.92 Å². The fraction of sp³-hybridized carbons (Fsp3) is 0.538. The molecule has 0 saturated carbocycles. The van der Waals surface area contributed by atoms with Crippen LogP contribution in [0.2, 0.25) is 5.02 Å². The SMILES string of the molecule is CCC(C)CN(C)Cc1cc([N+](=O)[O-])ccc1Cl. The van der Waals surface area contributed by atoms with Crippen LogP contribution in [0.25, 0.3) is 0 Å². The Morgan fingerprint density at radius 1 is 1.50 bits per heavy atom. The van der Waals surface area contributed by atoms with Gasteiger partial charge in [-0.1, -0.05) is 31.9 Å². The van der Waals surface area contributed by atoms with Crippen molar-refractivity contribution in [3.8, 4) is 0 Å². The van der Waals surface area contributed by atoms with Crippen molar-refractivity contribution in [2.75, 3.05) is 13.6 Å². The van der Waals surface area contributed by atoms with Gasteiger partial charge in [-0.3, -0.25) is 10.1 Å². The Morgan fingerprint density at radius 3 is 2.72 bits per heavy atom. The first kappa shape index (κ1) is 14.9. The lowest BCUT2D eigenvalue weighted by molar-refractivity contribution is -0.384. The van der Waals surface area contributed by atoms with Crippen LogP contribution in [0.5, 0.6) is 0 Å². The summed E-state index contributed by atoms with van der Waals surface area (Å²) in [6.07, 6.45) is 1.12. The maximum absolute atomic E-state index is 10.7.